The van der Waals surface area contributed by atoms with Gasteiger partial charge in [0.15, 0.2) is 0 Å². The van der Waals surface area contributed by atoms with Crippen LogP contribution in [0.15, 0.2) is 51.7 Å². The number of aryl methyl sites for hydroxylation is 1. The number of H-pyrrole nitrogens is 1. The first kappa shape index (κ1) is 32.0. The number of hydrogen-bond donors (Lipinski definition) is 5. The molecule has 2 aliphatic heterocycles. The number of β-lactam (4-membered cyclic amide) rings is 1. The quantitative estimate of drug-likeness (QED) is 0.101. The number of phenolic OH excluding ortho intramolecular Hbond substituents is 1. The van der Waals surface area contributed by atoms with Crippen LogP contribution in [-0.4, -0.2) is 98.8 Å². The fourth-order valence-corrected chi connectivity index (χ4v) is 7.83. The highest BCUT2D eigenvalue weighted by atomic mass is 32.2. The Bertz CT molecular complexity index is 1860. The number of carbonyl (C=O) groups is 4. The van der Waals surface area contributed by atoms with Gasteiger partial charge in [0.2, 0.25) is 5.16 Å². The van der Waals surface area contributed by atoms with Crippen molar-refractivity contribution in [1.29, 1.82) is 0 Å². The first-order chi connectivity index (χ1) is 22.5. The Kier molecular flexibility index (Phi) is 8.40. The summed E-state index contributed by atoms with van der Waals surface area (Å²) in [5.41, 5.74) is 2.95. The number of primary amides is 1. The fraction of sp³-hybridized carbons (Fsp3) is 0.370. The minimum absolute atomic E-state index is 0.0878. The van der Waals surface area contributed by atoms with E-state index in [0.717, 1.165) is 40.6 Å². The van der Waals surface area contributed by atoms with Crippen LogP contribution in [0.1, 0.15) is 36.2 Å². The molecule has 6 rings (SSSR count). The number of carbonyl (C=O) groups excluding carboxylic acids is 3. The molecule has 0 bridgehead atoms. The number of fused-ring (bicyclic) bond motifs is 1. The van der Waals surface area contributed by atoms with Gasteiger partial charge in [-0.15, -0.1) is 16.9 Å². The Morgan fingerprint density at radius 3 is 2.57 bits per heavy atom. The number of thioether (sulfide) groups is 2. The van der Waals surface area contributed by atoms with Gasteiger partial charge in [-0.2, -0.15) is 0 Å². The number of hydrogen-bond acceptors (Lipinski definition) is 13. The van der Waals surface area contributed by atoms with Crippen LogP contribution in [0.4, 0.5) is 10.5 Å². The Labute approximate surface area is 273 Å². The van der Waals surface area contributed by atoms with Crippen LogP contribution in [0.2, 0.25) is 0 Å². The molecule has 1 aromatic carbocycles. The molecule has 1 aliphatic carbocycles. The summed E-state index contributed by atoms with van der Waals surface area (Å²) in [5.74, 6) is -2.47. The summed E-state index contributed by atoms with van der Waals surface area (Å²) in [6.07, 6.45) is 2.85. The smallest absolute Gasteiger partial charge is 0.352 e. The van der Waals surface area contributed by atoms with Crippen LogP contribution < -0.4 is 21.5 Å². The van der Waals surface area contributed by atoms with E-state index in [1.54, 1.807) is 7.05 Å². The molecule has 18 nitrogen and oxygen atoms in total. The summed E-state index contributed by atoms with van der Waals surface area (Å²) in [6, 6.07) is 2.41. The molecule has 1 saturated heterocycles. The molecule has 47 heavy (non-hydrogen) atoms. The molecule has 3 aliphatic rings. The first-order valence-corrected chi connectivity index (χ1v) is 16.1. The monoisotopic (exact) mass is 684 g/mol. The lowest BCUT2D eigenvalue weighted by molar-refractivity contribution is -0.192. The molecule has 3 aromatic rings. The highest BCUT2D eigenvalue weighted by Gasteiger charge is 2.67. The van der Waals surface area contributed by atoms with Gasteiger partial charge in [-0.1, -0.05) is 23.9 Å². The number of carboxylic acid groups (broad SMARTS) is 1. The number of rotatable bonds is 11. The zero-order valence-corrected chi connectivity index (χ0v) is 26.4. The lowest BCUT2D eigenvalue weighted by Gasteiger charge is -2.56. The van der Waals surface area contributed by atoms with Gasteiger partial charge in [0.25, 0.3) is 23.1 Å². The molecule has 1 unspecified atom stereocenters. The molecule has 4 heterocycles. The number of benzene rings is 1. The molecule has 246 valence electrons. The molecule has 20 heteroatoms. The van der Waals surface area contributed by atoms with Crippen LogP contribution in [0, 0.1) is 0 Å². The number of tetrazole rings is 1. The Balaban J connectivity index is 1.33. The van der Waals surface area contributed by atoms with Crippen LogP contribution in [0.3, 0.4) is 0 Å². The third-order valence-corrected chi connectivity index (χ3v) is 10.3. The van der Waals surface area contributed by atoms with E-state index >= 15 is 0 Å². The predicted molar refractivity (Wildman–Crippen MR) is 165 cm³/mol. The van der Waals surface area contributed by atoms with Crippen LogP contribution >= 0.6 is 23.5 Å². The zero-order valence-electron chi connectivity index (χ0n) is 24.8. The van der Waals surface area contributed by atoms with Gasteiger partial charge in [0.05, 0.1) is 6.20 Å². The number of nitrogens with two attached hydrogens (primary N) is 1. The van der Waals surface area contributed by atoms with E-state index in [1.807, 2.05) is 0 Å². The summed E-state index contributed by atoms with van der Waals surface area (Å²) >= 11 is 2.36. The second-order valence-electron chi connectivity index (χ2n) is 10.9. The Hall–Kier alpha value is -4.95. The van der Waals surface area contributed by atoms with E-state index in [1.165, 1.54) is 47.8 Å². The highest BCUT2D eigenvalue weighted by Crippen LogP contribution is 2.47. The third kappa shape index (κ3) is 5.67. The minimum atomic E-state index is -2.05. The van der Waals surface area contributed by atoms with Crippen LogP contribution in [0.5, 0.6) is 5.75 Å². The van der Waals surface area contributed by atoms with E-state index in [4.69, 9.17) is 10.5 Å². The second kappa shape index (κ2) is 12.3. The topological polar surface area (TPSA) is 252 Å². The van der Waals surface area contributed by atoms with Gasteiger partial charge in [-0.3, -0.25) is 24.2 Å². The van der Waals surface area contributed by atoms with E-state index in [-0.39, 0.29) is 40.1 Å². The Morgan fingerprint density at radius 1 is 1.28 bits per heavy atom. The van der Waals surface area contributed by atoms with E-state index in [0.29, 0.717) is 16.6 Å². The van der Waals surface area contributed by atoms with Crippen LogP contribution in [-0.2, 0) is 26.2 Å². The van der Waals surface area contributed by atoms with E-state index < -0.39 is 46.5 Å². The molecular formula is C27H28N10O8S2. The summed E-state index contributed by atoms with van der Waals surface area (Å²) in [7, 11) is 2.81. The molecule has 2 aromatic heterocycles. The number of phenols is 1. The number of aromatic nitrogens is 6. The van der Waals surface area contributed by atoms with Crippen LogP contribution in [0.25, 0.3) is 0 Å². The molecule has 4 amide bonds. The van der Waals surface area contributed by atoms with Gasteiger partial charge in [-0.25, -0.2) is 19.3 Å². The van der Waals surface area contributed by atoms with Crippen molar-refractivity contribution in [3.63, 3.8) is 0 Å². The average molecular weight is 685 g/mol. The molecule has 1 saturated carbocycles. The third-order valence-electron chi connectivity index (χ3n) is 7.88. The van der Waals surface area contributed by atoms with E-state index in [9.17, 15) is 34.2 Å². The second-order valence-corrected chi connectivity index (χ2v) is 12.9. The van der Waals surface area contributed by atoms with Gasteiger partial charge < -0.3 is 31.0 Å². The van der Waals surface area contributed by atoms with E-state index in [2.05, 4.69) is 30.8 Å². The number of nitrogens with one attached hydrogen (secondary N) is 2. The fourth-order valence-electron chi connectivity index (χ4n) is 5.40. The first-order valence-electron chi connectivity index (χ1n) is 14.1. The number of anilines is 1. The van der Waals surface area contributed by atoms with Gasteiger partial charge in [0, 0.05) is 31.6 Å². The maximum Gasteiger partial charge on any atom is 0.352 e. The van der Waals surface area contributed by atoms with Gasteiger partial charge in [0.1, 0.15) is 34.4 Å². The number of amides is 4. The van der Waals surface area contributed by atoms with Crippen molar-refractivity contribution in [2.24, 2.45) is 12.8 Å². The van der Waals surface area contributed by atoms with Crippen molar-refractivity contribution in [1.82, 2.24) is 40.4 Å². The number of methoxy groups -OCH3 is 1. The highest BCUT2D eigenvalue weighted by molar-refractivity contribution is 8.01. The number of urea groups is 1. The molecule has 6 N–H and O–H groups in total. The molecule has 3 atom stereocenters. The van der Waals surface area contributed by atoms with Crippen molar-refractivity contribution in [2.75, 3.05) is 23.5 Å². The van der Waals surface area contributed by atoms with Crippen molar-refractivity contribution in [2.45, 2.75) is 41.1 Å². The molecular weight excluding hydrogens is 656 g/mol. The van der Waals surface area contributed by atoms with Gasteiger partial charge >= 0.3 is 12.0 Å². The largest absolute Gasteiger partial charge is 0.508 e. The lowest BCUT2D eigenvalue weighted by Crippen LogP contribution is -2.81. The molecule has 0 spiro atoms. The minimum Gasteiger partial charge on any atom is -0.508 e. The summed E-state index contributed by atoms with van der Waals surface area (Å²) < 4.78 is 7.02. The predicted octanol–water partition coefficient (Wildman–Crippen LogP) is 0.00780. The zero-order chi connectivity index (χ0) is 33.6. The maximum atomic E-state index is 14.2. The summed E-state index contributed by atoms with van der Waals surface area (Å²) in [4.78, 5) is 75.2. The van der Waals surface area contributed by atoms with Gasteiger partial charge in [-0.05, 0) is 46.5 Å². The standard InChI is InChI=1S/C27H28N10O8S2/c1-35-26(32-33-34-35)47-11-14-10-46-24-27(45-2,23(43)37(24)18(14)22(41)42)31-21(40)17(12-5-7-15(38)8-6-12)36(25(28)44)16-9-29-19(13-3-4-13)30-20(16)39/h5-9,13,17,24,38H,3-4,10-11H2,1-2H3,(H2,28,44)(H,31,40)(H,41,42)(H,29,30,39)/t17?,24-,27-/m0/s1. The number of aromatic hydroxyl groups is 1. The number of aromatic amines is 1. The summed E-state index contributed by atoms with van der Waals surface area (Å²) in [6.45, 7) is 0. The molecule has 0 radical (unpaired) electrons. The SMILES string of the molecule is CO[C@@]1(NC(=O)C(c2ccc(O)cc2)N(C(N)=O)c2cnc(C3CC3)[nH]c2=O)C(=O)N2C(C(=O)O)=C(CSc3nnnn3C)CS[C@H]21. The molecule has 2 fully saturated rings. The van der Waals surface area contributed by atoms with Crippen molar-refractivity contribution >= 4 is 53.0 Å². The number of carboxylic acids is 1. The number of aliphatic carboxylic acids is 1. The number of nitrogens with zero attached hydrogens (tertiary/aromatic N) is 7. The Morgan fingerprint density at radius 2 is 2.00 bits per heavy atom. The van der Waals surface area contributed by atoms with Crippen molar-refractivity contribution in [3.05, 3.63) is 63.5 Å². The van der Waals surface area contributed by atoms with Crippen molar-refractivity contribution < 1.29 is 34.1 Å². The van der Waals surface area contributed by atoms with Crippen molar-refractivity contribution in [3.8, 4) is 5.75 Å². The number of ether oxygens (including phenoxy) is 1. The normalized spacial score (nSPS) is 21.1. The average Bonchev–Trinajstić information content (AvgIpc) is 3.82. The lowest BCUT2D eigenvalue weighted by atomic mass is 9.96. The summed E-state index contributed by atoms with van der Waals surface area (Å²) in [5, 5.41) is 33.2. The maximum absolute atomic E-state index is 14.2.